The quantitative estimate of drug-likeness (QED) is 0.538. The Morgan fingerprint density at radius 3 is 1.14 bits per heavy atom. The maximum absolute atomic E-state index is 5.74. The Morgan fingerprint density at radius 1 is 0.536 bits per heavy atom. The van der Waals surface area contributed by atoms with Crippen LogP contribution in [-0.2, 0) is 0 Å². The molecule has 3 nitrogen and oxygen atoms in total. The van der Waals surface area contributed by atoms with Gasteiger partial charge >= 0.3 is 0 Å². The summed E-state index contributed by atoms with van der Waals surface area (Å²) in [6.45, 7) is 8.00. The van der Waals surface area contributed by atoms with Gasteiger partial charge in [0, 0.05) is 0 Å². The van der Waals surface area contributed by atoms with Crippen molar-refractivity contribution < 1.29 is 14.2 Å². The van der Waals surface area contributed by atoms with Gasteiger partial charge in [0.05, 0.1) is 19.8 Å². The molecule has 0 fully saturated rings. The number of hydrogen-bond donors (Lipinski definition) is 0. The van der Waals surface area contributed by atoms with E-state index in [1.807, 2.05) is 57.2 Å². The van der Waals surface area contributed by atoms with Gasteiger partial charge in [-0.15, -0.1) is 0 Å². The van der Waals surface area contributed by atoms with Crippen molar-refractivity contribution in [2.75, 3.05) is 19.8 Å². The lowest BCUT2D eigenvalue weighted by atomic mass is 9.37. The third kappa shape index (κ3) is 4.89. The summed E-state index contributed by atoms with van der Waals surface area (Å²) in [4.78, 5) is 0. The van der Waals surface area contributed by atoms with Gasteiger partial charge in [0.1, 0.15) is 17.2 Å². The van der Waals surface area contributed by atoms with Crippen molar-refractivity contribution in [3.8, 4) is 17.2 Å². The standard InChI is InChI=1S/C24H27BO3/c1-4-26-22-13-7-10-19(16-22)25(20-11-8-14-23(17-20)27-5-2)21-12-9-15-24(18-21)28-6-3/h7-18H,4-6H2,1-3H3. The van der Waals surface area contributed by atoms with E-state index in [0.717, 1.165) is 17.2 Å². The van der Waals surface area contributed by atoms with E-state index in [4.69, 9.17) is 14.2 Å². The Hall–Kier alpha value is -2.88. The van der Waals surface area contributed by atoms with Crippen LogP contribution in [0.2, 0.25) is 0 Å². The van der Waals surface area contributed by atoms with Gasteiger partial charge in [0.15, 0.2) is 0 Å². The molecule has 144 valence electrons. The molecule has 3 aromatic carbocycles. The fraction of sp³-hybridized carbons (Fsp3) is 0.250. The third-order valence-electron chi connectivity index (χ3n) is 4.51. The molecular weight excluding hydrogens is 347 g/mol. The molecule has 0 aliphatic heterocycles. The van der Waals surface area contributed by atoms with Crippen LogP contribution >= 0.6 is 0 Å². The first-order valence-electron chi connectivity index (χ1n) is 9.93. The molecule has 0 spiro atoms. The highest BCUT2D eigenvalue weighted by Crippen LogP contribution is 2.13. The first kappa shape index (κ1) is 19.9. The predicted molar refractivity (Wildman–Crippen MR) is 117 cm³/mol. The van der Waals surface area contributed by atoms with Crippen molar-refractivity contribution in [2.24, 2.45) is 0 Å². The molecular formula is C24H27BO3. The minimum atomic E-state index is 0.0567. The minimum Gasteiger partial charge on any atom is -0.494 e. The highest BCUT2D eigenvalue weighted by atomic mass is 16.5. The Morgan fingerprint density at radius 2 is 0.857 bits per heavy atom. The zero-order chi connectivity index (χ0) is 19.8. The second kappa shape index (κ2) is 9.89. The molecule has 0 amide bonds. The van der Waals surface area contributed by atoms with Gasteiger partial charge in [-0.3, -0.25) is 0 Å². The first-order chi connectivity index (χ1) is 13.7. The molecule has 3 rings (SSSR count). The molecule has 0 radical (unpaired) electrons. The van der Waals surface area contributed by atoms with Crippen molar-refractivity contribution in [1.82, 2.24) is 0 Å². The summed E-state index contributed by atoms with van der Waals surface area (Å²) in [6.07, 6.45) is 0. The molecule has 28 heavy (non-hydrogen) atoms. The largest absolute Gasteiger partial charge is 0.494 e. The Bertz CT molecular complexity index is 777. The van der Waals surface area contributed by atoms with Crippen LogP contribution in [0.15, 0.2) is 72.8 Å². The summed E-state index contributed by atoms with van der Waals surface area (Å²) in [6, 6.07) is 24.9. The van der Waals surface area contributed by atoms with Crippen molar-refractivity contribution >= 4 is 23.1 Å². The summed E-state index contributed by atoms with van der Waals surface area (Å²) in [7, 11) is 0. The topological polar surface area (TPSA) is 27.7 Å². The van der Waals surface area contributed by atoms with E-state index in [0.29, 0.717) is 19.8 Å². The van der Waals surface area contributed by atoms with E-state index in [-0.39, 0.29) is 6.71 Å². The molecule has 0 heterocycles. The summed E-state index contributed by atoms with van der Waals surface area (Å²) in [5, 5.41) is 0. The summed E-state index contributed by atoms with van der Waals surface area (Å²) >= 11 is 0. The summed E-state index contributed by atoms with van der Waals surface area (Å²) in [5.41, 5.74) is 3.52. The Kier molecular flexibility index (Phi) is 7.02. The molecule has 4 heteroatoms. The highest BCUT2D eigenvalue weighted by Gasteiger charge is 2.23. The lowest BCUT2D eigenvalue weighted by molar-refractivity contribution is 0.340. The zero-order valence-electron chi connectivity index (χ0n) is 16.9. The number of rotatable bonds is 9. The monoisotopic (exact) mass is 374 g/mol. The van der Waals surface area contributed by atoms with Gasteiger partial charge in [-0.1, -0.05) is 52.8 Å². The second-order valence-electron chi connectivity index (χ2n) is 6.45. The van der Waals surface area contributed by atoms with Crippen molar-refractivity contribution in [3.05, 3.63) is 72.8 Å². The second-order valence-corrected chi connectivity index (χ2v) is 6.45. The average Bonchev–Trinajstić information content (AvgIpc) is 2.70. The normalized spacial score (nSPS) is 10.4. The molecule has 0 atom stereocenters. The molecule has 0 saturated carbocycles. The van der Waals surface area contributed by atoms with Crippen LogP contribution in [0.5, 0.6) is 17.2 Å². The molecule has 3 aromatic rings. The van der Waals surface area contributed by atoms with Crippen molar-refractivity contribution in [1.29, 1.82) is 0 Å². The smallest absolute Gasteiger partial charge is 0.241 e. The summed E-state index contributed by atoms with van der Waals surface area (Å²) < 4.78 is 17.2. The predicted octanol–water partition coefficient (Wildman–Crippen LogP) is 3.40. The van der Waals surface area contributed by atoms with Crippen LogP contribution in [0, 0.1) is 0 Å². The van der Waals surface area contributed by atoms with E-state index < -0.39 is 0 Å². The van der Waals surface area contributed by atoms with E-state index >= 15 is 0 Å². The molecule has 0 N–H and O–H groups in total. The van der Waals surface area contributed by atoms with Crippen LogP contribution in [-0.4, -0.2) is 26.5 Å². The van der Waals surface area contributed by atoms with Gasteiger partial charge in [0.25, 0.3) is 0 Å². The molecule has 0 aliphatic carbocycles. The number of ether oxygens (including phenoxy) is 3. The van der Waals surface area contributed by atoms with Gasteiger partial charge in [-0.05, 0) is 57.2 Å². The van der Waals surface area contributed by atoms with Crippen LogP contribution < -0.4 is 30.6 Å². The van der Waals surface area contributed by atoms with Gasteiger partial charge in [-0.2, -0.15) is 0 Å². The van der Waals surface area contributed by atoms with Crippen molar-refractivity contribution in [3.63, 3.8) is 0 Å². The van der Waals surface area contributed by atoms with Crippen LogP contribution in [0.4, 0.5) is 0 Å². The molecule has 0 bridgehead atoms. The lowest BCUT2D eigenvalue weighted by Gasteiger charge is -2.18. The molecule has 0 aromatic heterocycles. The summed E-state index contributed by atoms with van der Waals surface area (Å²) in [5.74, 6) is 2.64. The highest BCUT2D eigenvalue weighted by molar-refractivity contribution is 6.95. The Balaban J connectivity index is 2.10. The van der Waals surface area contributed by atoms with Gasteiger partial charge < -0.3 is 14.2 Å². The van der Waals surface area contributed by atoms with Gasteiger partial charge in [-0.25, -0.2) is 0 Å². The zero-order valence-corrected chi connectivity index (χ0v) is 16.9. The molecule has 0 unspecified atom stereocenters. The van der Waals surface area contributed by atoms with E-state index in [1.54, 1.807) is 0 Å². The van der Waals surface area contributed by atoms with Crippen LogP contribution in [0.1, 0.15) is 20.8 Å². The van der Waals surface area contributed by atoms with E-state index in [2.05, 4.69) is 36.4 Å². The average molecular weight is 374 g/mol. The maximum atomic E-state index is 5.74. The van der Waals surface area contributed by atoms with E-state index in [9.17, 15) is 0 Å². The van der Waals surface area contributed by atoms with Gasteiger partial charge in [0.2, 0.25) is 6.71 Å². The third-order valence-corrected chi connectivity index (χ3v) is 4.51. The maximum Gasteiger partial charge on any atom is 0.241 e. The fourth-order valence-electron chi connectivity index (χ4n) is 3.43. The van der Waals surface area contributed by atoms with Crippen LogP contribution in [0.3, 0.4) is 0 Å². The van der Waals surface area contributed by atoms with Crippen LogP contribution in [0.25, 0.3) is 0 Å². The van der Waals surface area contributed by atoms with E-state index in [1.165, 1.54) is 16.4 Å². The molecule has 0 saturated heterocycles. The fourth-order valence-corrected chi connectivity index (χ4v) is 3.43. The first-order valence-corrected chi connectivity index (χ1v) is 9.93. The molecule has 0 aliphatic rings. The number of hydrogen-bond acceptors (Lipinski definition) is 3. The number of benzene rings is 3. The van der Waals surface area contributed by atoms with Crippen molar-refractivity contribution in [2.45, 2.75) is 20.8 Å². The minimum absolute atomic E-state index is 0.0567. The Labute approximate surface area is 168 Å². The SMILES string of the molecule is CCOc1cccc(B(c2cccc(OCC)c2)c2cccc(OCC)c2)c1. The lowest BCUT2D eigenvalue weighted by Crippen LogP contribution is -2.52.